The molecule has 0 fully saturated rings. The third kappa shape index (κ3) is 9.25. The highest BCUT2D eigenvalue weighted by molar-refractivity contribution is 5.96. The minimum Gasteiger partial charge on any atom is -0.457 e. The van der Waals surface area contributed by atoms with Gasteiger partial charge in [0.1, 0.15) is 11.5 Å². The van der Waals surface area contributed by atoms with Gasteiger partial charge in [0, 0.05) is 29.8 Å². The van der Waals surface area contributed by atoms with Crippen molar-refractivity contribution in [3.63, 3.8) is 0 Å². The van der Waals surface area contributed by atoms with Crippen molar-refractivity contribution in [1.82, 2.24) is 0 Å². The van der Waals surface area contributed by atoms with Gasteiger partial charge in [-0.25, -0.2) is 0 Å². The molecule has 8 nitrogen and oxygen atoms in total. The molecule has 0 saturated heterocycles. The average molecular weight is 503 g/mol. The molecule has 0 saturated carbocycles. The Labute approximate surface area is 216 Å². The summed E-state index contributed by atoms with van der Waals surface area (Å²) >= 11 is 0. The Morgan fingerprint density at radius 3 is 1.86 bits per heavy atom. The van der Waals surface area contributed by atoms with E-state index in [4.69, 9.17) is 9.47 Å². The topological polar surface area (TPSA) is 111 Å². The van der Waals surface area contributed by atoms with E-state index in [-0.39, 0.29) is 31.0 Å². The number of ether oxygens (including phenoxy) is 2. The van der Waals surface area contributed by atoms with Gasteiger partial charge in [-0.2, -0.15) is 0 Å². The number of aryl methyl sites for hydroxylation is 2. The zero-order chi connectivity index (χ0) is 26.8. The first-order valence-corrected chi connectivity index (χ1v) is 11.9. The first-order valence-electron chi connectivity index (χ1n) is 11.9. The second kappa shape index (κ2) is 13.0. The van der Waals surface area contributed by atoms with E-state index in [2.05, 4.69) is 16.7 Å². The fraction of sp³-hybridized carbons (Fsp3) is 0.241. The van der Waals surface area contributed by atoms with Gasteiger partial charge in [-0.05, 0) is 99.0 Å². The number of benzene rings is 3. The van der Waals surface area contributed by atoms with Crippen LogP contribution in [0.1, 0.15) is 47.7 Å². The molecule has 0 aromatic heterocycles. The number of nitrogens with one attached hydrogen (secondary N) is 2. The molecule has 0 atom stereocenters. The molecule has 3 aromatic carbocycles. The highest BCUT2D eigenvalue weighted by Gasteiger charge is 2.10. The summed E-state index contributed by atoms with van der Waals surface area (Å²) in [5.74, 6) is 0.0405. The van der Waals surface area contributed by atoms with Crippen LogP contribution in [0.4, 0.5) is 11.4 Å². The monoisotopic (exact) mass is 502 g/mol. The first-order chi connectivity index (χ1) is 17.7. The van der Waals surface area contributed by atoms with Gasteiger partial charge in [0.05, 0.1) is 0 Å². The smallest absolute Gasteiger partial charge is 0.306 e. The molecule has 0 aliphatic carbocycles. The number of carbonyl (C=O) groups is 4. The van der Waals surface area contributed by atoms with E-state index in [1.807, 2.05) is 26.0 Å². The van der Waals surface area contributed by atoms with Gasteiger partial charge < -0.3 is 20.1 Å². The Balaban J connectivity index is 1.33. The summed E-state index contributed by atoms with van der Waals surface area (Å²) in [6.45, 7) is 5.04. The fourth-order valence-corrected chi connectivity index (χ4v) is 3.55. The van der Waals surface area contributed by atoms with Gasteiger partial charge in [0.25, 0.3) is 5.91 Å². The molecule has 3 rings (SSSR count). The second-order valence-electron chi connectivity index (χ2n) is 8.69. The number of amides is 2. The van der Waals surface area contributed by atoms with Crippen molar-refractivity contribution < 1.29 is 28.7 Å². The van der Waals surface area contributed by atoms with Crippen molar-refractivity contribution in [1.29, 1.82) is 0 Å². The van der Waals surface area contributed by atoms with Crippen LogP contribution in [0.15, 0.2) is 66.7 Å². The van der Waals surface area contributed by atoms with Crippen molar-refractivity contribution in [3.8, 4) is 11.5 Å². The average Bonchev–Trinajstić information content (AvgIpc) is 2.84. The Morgan fingerprint density at radius 2 is 1.27 bits per heavy atom. The molecule has 37 heavy (non-hydrogen) atoms. The highest BCUT2D eigenvalue weighted by atomic mass is 16.5. The molecule has 0 aliphatic heterocycles. The van der Waals surface area contributed by atoms with E-state index >= 15 is 0 Å². The number of anilines is 2. The zero-order valence-electron chi connectivity index (χ0n) is 21.1. The summed E-state index contributed by atoms with van der Waals surface area (Å²) in [5, 5.41) is 5.37. The number of ketones is 1. The normalized spacial score (nSPS) is 10.4. The van der Waals surface area contributed by atoms with Crippen molar-refractivity contribution in [3.05, 3.63) is 83.4 Å². The van der Waals surface area contributed by atoms with Crippen LogP contribution in [0.25, 0.3) is 0 Å². The molecule has 0 radical (unpaired) electrons. The number of Topliss-reactive ketones (excluding diaryl/α,β-unsaturated/α-hetero) is 1. The standard InChI is InChI=1S/C29H30N2O6/c1-19-15-20(2)17-26(16-19)37-25-13-11-24(12-14-25)30-27(33)5-4-6-29(35)36-18-28(34)31-23-9-7-22(8-10-23)21(3)32/h7-17H,4-6,18H2,1-3H3,(H,30,33)(H,31,34). The molecule has 8 heteroatoms. The lowest BCUT2D eigenvalue weighted by molar-refractivity contribution is -0.147. The Kier molecular flexibility index (Phi) is 9.55. The van der Waals surface area contributed by atoms with E-state index in [0.717, 1.165) is 16.9 Å². The number of rotatable bonds is 11. The van der Waals surface area contributed by atoms with Crippen LogP contribution in [0, 0.1) is 13.8 Å². The third-order valence-corrected chi connectivity index (χ3v) is 5.29. The van der Waals surface area contributed by atoms with Crippen LogP contribution in [0.5, 0.6) is 11.5 Å². The lowest BCUT2D eigenvalue weighted by Crippen LogP contribution is -2.21. The maximum absolute atomic E-state index is 12.2. The van der Waals surface area contributed by atoms with Gasteiger partial charge in [-0.3, -0.25) is 19.2 Å². The van der Waals surface area contributed by atoms with Crippen LogP contribution in [-0.4, -0.2) is 30.2 Å². The van der Waals surface area contributed by atoms with Crippen LogP contribution in [-0.2, 0) is 19.1 Å². The molecule has 2 N–H and O–H groups in total. The minimum atomic E-state index is -0.567. The van der Waals surface area contributed by atoms with E-state index in [1.54, 1.807) is 48.5 Å². The van der Waals surface area contributed by atoms with Crippen molar-refractivity contribution >= 4 is 34.9 Å². The number of carbonyl (C=O) groups excluding carboxylic acids is 4. The summed E-state index contributed by atoms with van der Waals surface area (Å²) in [7, 11) is 0. The Morgan fingerprint density at radius 1 is 0.703 bits per heavy atom. The molecule has 0 spiro atoms. The molecular weight excluding hydrogens is 472 g/mol. The van der Waals surface area contributed by atoms with E-state index in [9.17, 15) is 19.2 Å². The van der Waals surface area contributed by atoms with Crippen LogP contribution in [0.3, 0.4) is 0 Å². The van der Waals surface area contributed by atoms with Crippen molar-refractivity contribution in [2.45, 2.75) is 40.0 Å². The summed E-state index contributed by atoms with van der Waals surface area (Å²) in [5.41, 5.74) is 3.88. The molecule has 0 aliphatic rings. The van der Waals surface area contributed by atoms with Gasteiger partial charge in [-0.1, -0.05) is 6.07 Å². The lowest BCUT2D eigenvalue weighted by Gasteiger charge is -2.10. The lowest BCUT2D eigenvalue weighted by atomic mass is 10.1. The zero-order valence-corrected chi connectivity index (χ0v) is 21.1. The summed E-state index contributed by atoms with van der Waals surface area (Å²) < 4.78 is 10.8. The summed E-state index contributed by atoms with van der Waals surface area (Å²) in [6.07, 6.45) is 0.425. The third-order valence-electron chi connectivity index (χ3n) is 5.29. The van der Waals surface area contributed by atoms with Gasteiger partial charge in [-0.15, -0.1) is 0 Å². The van der Waals surface area contributed by atoms with Crippen LogP contribution in [0.2, 0.25) is 0 Å². The number of hydrogen-bond acceptors (Lipinski definition) is 6. The van der Waals surface area contributed by atoms with Crippen molar-refractivity contribution in [2.75, 3.05) is 17.2 Å². The minimum absolute atomic E-state index is 0.0106. The molecular formula is C29H30N2O6. The summed E-state index contributed by atoms with van der Waals surface area (Å²) in [6, 6.07) is 19.4. The maximum atomic E-state index is 12.2. The molecule has 3 aromatic rings. The first kappa shape index (κ1) is 27.1. The van der Waals surface area contributed by atoms with Gasteiger partial charge in [0.15, 0.2) is 12.4 Å². The van der Waals surface area contributed by atoms with Crippen molar-refractivity contribution in [2.24, 2.45) is 0 Å². The number of esters is 1. The fourth-order valence-electron chi connectivity index (χ4n) is 3.55. The highest BCUT2D eigenvalue weighted by Crippen LogP contribution is 2.25. The van der Waals surface area contributed by atoms with Gasteiger partial charge in [0.2, 0.25) is 5.91 Å². The Hall–Kier alpha value is -4.46. The van der Waals surface area contributed by atoms with Crippen LogP contribution < -0.4 is 15.4 Å². The summed E-state index contributed by atoms with van der Waals surface area (Å²) in [4.78, 5) is 47.3. The molecule has 0 unspecified atom stereocenters. The SMILES string of the molecule is CC(=O)c1ccc(NC(=O)COC(=O)CCCC(=O)Nc2ccc(Oc3cc(C)cc(C)c3)cc2)cc1. The molecule has 0 heterocycles. The molecule has 0 bridgehead atoms. The second-order valence-corrected chi connectivity index (χ2v) is 8.69. The number of hydrogen-bond donors (Lipinski definition) is 2. The largest absolute Gasteiger partial charge is 0.457 e. The van der Waals surface area contributed by atoms with Gasteiger partial charge >= 0.3 is 5.97 Å². The predicted octanol–water partition coefficient (Wildman–Crippen LogP) is 5.59. The molecule has 2 amide bonds. The van der Waals surface area contributed by atoms with E-state index < -0.39 is 18.5 Å². The van der Waals surface area contributed by atoms with E-state index in [1.165, 1.54) is 6.92 Å². The maximum Gasteiger partial charge on any atom is 0.306 e. The predicted molar refractivity (Wildman–Crippen MR) is 141 cm³/mol. The molecule has 192 valence electrons. The quantitative estimate of drug-likeness (QED) is 0.261. The van der Waals surface area contributed by atoms with Crippen LogP contribution >= 0.6 is 0 Å². The van der Waals surface area contributed by atoms with E-state index in [0.29, 0.717) is 22.7 Å². The Bertz CT molecular complexity index is 1250.